The van der Waals surface area contributed by atoms with Gasteiger partial charge in [-0.1, -0.05) is 72.8 Å². The van der Waals surface area contributed by atoms with Crippen LogP contribution < -0.4 is 9.47 Å². The molecule has 0 amide bonds. The SMILES string of the molecule is [2H]C([2H])([2H])C([2H])(N(CC(O)COc1cccc2ccccc12)CC(O)COc1cccc2ccccc12)C([2H])([2H])[2H]. The standard InChI is InChI=1S/C29H33NO4/c1-21(2)30(17-24(31)19-33-28-15-7-11-22-9-3-5-13-26(22)28)18-25(32)20-34-29-16-8-12-23-10-4-6-14-27(23)29/h3-16,21,24-25,31-32H,17-20H2,1-2H3/i1D3,2D3,21D. The van der Waals surface area contributed by atoms with Crippen LogP contribution in [0, 0.1) is 0 Å². The highest BCUT2D eigenvalue weighted by Gasteiger charge is 2.20. The zero-order valence-corrected chi connectivity index (χ0v) is 18.7. The van der Waals surface area contributed by atoms with E-state index in [0.29, 0.717) is 11.5 Å². The van der Waals surface area contributed by atoms with E-state index in [9.17, 15) is 10.2 Å². The molecule has 5 heteroatoms. The average Bonchev–Trinajstić information content (AvgIpc) is 2.93. The van der Waals surface area contributed by atoms with Crippen molar-refractivity contribution < 1.29 is 29.3 Å². The van der Waals surface area contributed by atoms with Crippen molar-refractivity contribution in [1.29, 1.82) is 0 Å². The number of ether oxygens (including phenoxy) is 2. The first-order valence-corrected chi connectivity index (χ1v) is 11.1. The number of aliphatic hydroxyl groups excluding tert-OH is 2. The summed E-state index contributed by atoms with van der Waals surface area (Å²) in [5.74, 6) is 0.974. The number of hydrogen-bond acceptors (Lipinski definition) is 5. The van der Waals surface area contributed by atoms with Gasteiger partial charge in [-0.3, -0.25) is 4.90 Å². The van der Waals surface area contributed by atoms with Crippen molar-refractivity contribution in [1.82, 2.24) is 4.90 Å². The van der Waals surface area contributed by atoms with Crippen molar-refractivity contribution in [2.75, 3.05) is 26.3 Å². The zero-order chi connectivity index (χ0) is 29.8. The molecule has 5 nitrogen and oxygen atoms in total. The molecule has 0 saturated carbocycles. The third-order valence-electron chi connectivity index (χ3n) is 5.54. The van der Waals surface area contributed by atoms with Gasteiger partial charge in [0.25, 0.3) is 0 Å². The molecule has 4 aromatic rings. The summed E-state index contributed by atoms with van der Waals surface area (Å²) in [6.45, 7) is -8.32. The van der Waals surface area contributed by atoms with Gasteiger partial charge in [-0.2, -0.15) is 0 Å². The van der Waals surface area contributed by atoms with Gasteiger partial charge in [0, 0.05) is 39.5 Å². The molecule has 4 aromatic carbocycles. The molecule has 0 aromatic heterocycles. The van der Waals surface area contributed by atoms with Crippen molar-refractivity contribution in [2.45, 2.75) is 31.9 Å². The molecule has 0 spiro atoms. The lowest BCUT2D eigenvalue weighted by Gasteiger charge is -2.30. The molecule has 178 valence electrons. The van der Waals surface area contributed by atoms with Crippen LogP contribution in [0.5, 0.6) is 11.5 Å². The van der Waals surface area contributed by atoms with Crippen LogP contribution in [-0.4, -0.2) is 59.6 Å². The summed E-state index contributed by atoms with van der Waals surface area (Å²) in [7, 11) is 0. The van der Waals surface area contributed by atoms with Gasteiger partial charge in [-0.05, 0) is 36.6 Å². The van der Waals surface area contributed by atoms with Crippen LogP contribution >= 0.6 is 0 Å². The lowest BCUT2D eigenvalue weighted by molar-refractivity contribution is 0.0200. The third kappa shape index (κ3) is 6.06. The molecule has 0 radical (unpaired) electrons. The highest BCUT2D eigenvalue weighted by atomic mass is 16.5. The van der Waals surface area contributed by atoms with E-state index in [0.717, 1.165) is 26.4 Å². The zero-order valence-electron chi connectivity index (χ0n) is 25.7. The van der Waals surface area contributed by atoms with E-state index in [-0.39, 0.29) is 13.2 Å². The number of hydrogen-bond donors (Lipinski definition) is 2. The molecule has 0 saturated heterocycles. The molecule has 2 unspecified atom stereocenters. The number of benzene rings is 4. The van der Waals surface area contributed by atoms with Gasteiger partial charge < -0.3 is 19.7 Å². The smallest absolute Gasteiger partial charge is 0.127 e. The molecule has 2 atom stereocenters. The first-order chi connectivity index (χ1) is 19.3. The summed E-state index contributed by atoms with van der Waals surface area (Å²) in [5, 5.41) is 25.2. The number of rotatable bonds is 11. The topological polar surface area (TPSA) is 62.2 Å². The van der Waals surface area contributed by atoms with Gasteiger partial charge >= 0.3 is 0 Å². The van der Waals surface area contributed by atoms with Gasteiger partial charge in [0.05, 0.1) is 0 Å². The molecule has 0 fully saturated rings. The van der Waals surface area contributed by atoms with E-state index in [2.05, 4.69) is 0 Å². The van der Waals surface area contributed by atoms with Crippen LogP contribution in [0.2, 0.25) is 0 Å². The monoisotopic (exact) mass is 466 g/mol. The minimum absolute atomic E-state index is 0.300. The fourth-order valence-corrected chi connectivity index (χ4v) is 3.89. The molecule has 0 heterocycles. The Morgan fingerprint density at radius 3 is 1.62 bits per heavy atom. The van der Waals surface area contributed by atoms with Crippen molar-refractivity contribution >= 4 is 21.5 Å². The van der Waals surface area contributed by atoms with E-state index < -0.39 is 45.0 Å². The van der Waals surface area contributed by atoms with E-state index in [1.807, 2.05) is 60.7 Å². The Hall–Kier alpha value is -3.12. The van der Waals surface area contributed by atoms with Gasteiger partial charge in [0.2, 0.25) is 0 Å². The van der Waals surface area contributed by atoms with Gasteiger partial charge in [0.15, 0.2) is 0 Å². The predicted molar refractivity (Wildman–Crippen MR) is 138 cm³/mol. The number of fused-ring (bicyclic) bond motifs is 2. The van der Waals surface area contributed by atoms with Crippen molar-refractivity contribution in [3.8, 4) is 11.5 Å². The van der Waals surface area contributed by atoms with E-state index in [1.54, 1.807) is 24.3 Å². The van der Waals surface area contributed by atoms with Crippen molar-refractivity contribution in [2.24, 2.45) is 0 Å². The first-order valence-electron chi connectivity index (χ1n) is 14.6. The average molecular weight is 467 g/mol. The Kier molecular flexibility index (Phi) is 5.50. The fourth-order valence-electron chi connectivity index (χ4n) is 3.89. The summed E-state index contributed by atoms with van der Waals surface area (Å²) in [6.07, 6.45) is -2.76. The van der Waals surface area contributed by atoms with Gasteiger partial charge in [0.1, 0.15) is 36.9 Å². The maximum Gasteiger partial charge on any atom is 0.127 e. The molecule has 0 aliphatic heterocycles. The largest absolute Gasteiger partial charge is 0.490 e. The van der Waals surface area contributed by atoms with Crippen LogP contribution in [0.15, 0.2) is 84.9 Å². The molecular formula is C29H33NO4. The lowest BCUT2D eigenvalue weighted by atomic mass is 10.1. The first kappa shape index (κ1) is 16.5. The fraction of sp³-hybridized carbons (Fsp3) is 0.310. The summed E-state index contributed by atoms with van der Waals surface area (Å²) in [4.78, 5) is 0.779. The summed E-state index contributed by atoms with van der Waals surface area (Å²) in [6, 6.07) is 22.7. The minimum atomic E-state index is -3.30. The van der Waals surface area contributed by atoms with E-state index in [1.165, 1.54) is 0 Å². The lowest BCUT2D eigenvalue weighted by Crippen LogP contribution is -2.45. The summed E-state index contributed by atoms with van der Waals surface area (Å²) < 4.78 is 67.9. The Labute approximate surface area is 211 Å². The summed E-state index contributed by atoms with van der Waals surface area (Å²) >= 11 is 0. The van der Waals surface area contributed by atoms with Crippen LogP contribution in [0.4, 0.5) is 0 Å². The highest BCUT2D eigenvalue weighted by molar-refractivity contribution is 5.88. The Bertz CT molecular complexity index is 1340. The maximum absolute atomic E-state index is 10.9. The van der Waals surface area contributed by atoms with Crippen LogP contribution in [-0.2, 0) is 0 Å². The Morgan fingerprint density at radius 2 is 1.15 bits per heavy atom. The molecular weight excluding hydrogens is 426 g/mol. The predicted octanol–water partition coefficient (Wildman–Crippen LogP) is 4.88. The highest BCUT2D eigenvalue weighted by Crippen LogP contribution is 2.26. The quantitative estimate of drug-likeness (QED) is 0.330. The molecule has 0 bridgehead atoms. The second-order valence-corrected chi connectivity index (χ2v) is 8.14. The van der Waals surface area contributed by atoms with E-state index in [4.69, 9.17) is 19.1 Å². The molecule has 0 aliphatic rings. The molecule has 34 heavy (non-hydrogen) atoms. The van der Waals surface area contributed by atoms with E-state index >= 15 is 0 Å². The van der Waals surface area contributed by atoms with Crippen molar-refractivity contribution in [3.63, 3.8) is 0 Å². The Balaban J connectivity index is 1.52. The number of nitrogens with zero attached hydrogens (tertiary/aromatic N) is 1. The maximum atomic E-state index is 10.9. The van der Waals surface area contributed by atoms with Gasteiger partial charge in [-0.15, -0.1) is 0 Å². The second-order valence-electron chi connectivity index (χ2n) is 8.14. The van der Waals surface area contributed by atoms with Gasteiger partial charge in [-0.25, -0.2) is 0 Å². The molecule has 0 aliphatic carbocycles. The molecule has 4 rings (SSSR count). The minimum Gasteiger partial charge on any atom is -0.490 e. The Morgan fingerprint density at radius 1 is 0.706 bits per heavy atom. The second kappa shape index (κ2) is 11.3. The molecule has 2 N–H and O–H groups in total. The van der Waals surface area contributed by atoms with Crippen molar-refractivity contribution in [3.05, 3.63) is 84.9 Å². The third-order valence-corrected chi connectivity index (χ3v) is 5.54. The van der Waals surface area contributed by atoms with Crippen LogP contribution in [0.1, 0.15) is 23.3 Å². The number of aliphatic hydroxyl groups is 2. The summed E-state index contributed by atoms with van der Waals surface area (Å²) in [5.41, 5.74) is 0. The normalized spacial score (nSPS) is 17.6. The van der Waals surface area contributed by atoms with Crippen LogP contribution in [0.25, 0.3) is 21.5 Å². The van der Waals surface area contributed by atoms with Crippen LogP contribution in [0.3, 0.4) is 0 Å².